The zero-order valence-electron chi connectivity index (χ0n) is 11.4. The van der Waals surface area contributed by atoms with Crippen molar-refractivity contribution in [3.05, 3.63) is 0 Å². The molecule has 1 saturated heterocycles. The highest BCUT2D eigenvalue weighted by Crippen LogP contribution is 2.51. The molecule has 0 amide bonds. The normalized spacial score (nSPS) is 46.1. The predicted molar refractivity (Wildman–Crippen MR) is 67.2 cm³/mol. The van der Waals surface area contributed by atoms with Gasteiger partial charge in [0.1, 0.15) is 0 Å². The largest absolute Gasteiger partial charge is 0.369 e. The summed E-state index contributed by atoms with van der Waals surface area (Å²) in [6.07, 6.45) is 3.66. The molecule has 1 aliphatic carbocycles. The molecule has 0 radical (unpaired) electrons. The molecule has 94 valence electrons. The molecule has 2 rings (SSSR count). The minimum absolute atomic E-state index is 0.0203. The van der Waals surface area contributed by atoms with Gasteiger partial charge in [0.2, 0.25) is 0 Å². The van der Waals surface area contributed by atoms with Crippen LogP contribution in [0.5, 0.6) is 0 Å². The molecule has 16 heavy (non-hydrogen) atoms. The maximum absolute atomic E-state index is 6.20. The average molecular weight is 225 g/mol. The van der Waals surface area contributed by atoms with E-state index in [9.17, 15) is 0 Å². The number of ether oxygens (including phenoxy) is 1. The van der Waals surface area contributed by atoms with Crippen LogP contribution in [0.15, 0.2) is 0 Å². The maximum Gasteiger partial charge on any atom is 0.0665 e. The third kappa shape index (κ3) is 2.02. The molecule has 0 bridgehead atoms. The van der Waals surface area contributed by atoms with E-state index in [1.165, 1.54) is 19.3 Å². The van der Waals surface area contributed by atoms with Gasteiger partial charge in [0.15, 0.2) is 0 Å². The van der Waals surface area contributed by atoms with Crippen molar-refractivity contribution in [1.82, 2.24) is 0 Å². The SMILES string of the molecule is CC1C(N)CCC1C1CC(C)(C)OC1(C)C. The van der Waals surface area contributed by atoms with Gasteiger partial charge in [-0.2, -0.15) is 0 Å². The molecule has 4 unspecified atom stereocenters. The van der Waals surface area contributed by atoms with Crippen LogP contribution in [0.25, 0.3) is 0 Å². The Kier molecular flexibility index (Phi) is 2.87. The fraction of sp³-hybridized carbons (Fsp3) is 1.00. The van der Waals surface area contributed by atoms with E-state index in [0.29, 0.717) is 17.9 Å². The van der Waals surface area contributed by atoms with Crippen molar-refractivity contribution in [2.45, 2.75) is 71.1 Å². The summed E-state index contributed by atoms with van der Waals surface area (Å²) in [5.41, 5.74) is 6.21. The summed E-state index contributed by atoms with van der Waals surface area (Å²) >= 11 is 0. The van der Waals surface area contributed by atoms with Crippen LogP contribution >= 0.6 is 0 Å². The van der Waals surface area contributed by atoms with Crippen LogP contribution in [0.3, 0.4) is 0 Å². The Balaban J connectivity index is 2.16. The van der Waals surface area contributed by atoms with Crippen LogP contribution < -0.4 is 5.73 Å². The highest BCUT2D eigenvalue weighted by Gasteiger charge is 2.51. The molecule has 2 fully saturated rings. The van der Waals surface area contributed by atoms with Crippen molar-refractivity contribution in [2.75, 3.05) is 0 Å². The third-order valence-electron chi connectivity index (χ3n) is 4.84. The molecule has 0 aromatic rings. The molecular formula is C14H27NO. The molecule has 1 heterocycles. The summed E-state index contributed by atoms with van der Waals surface area (Å²) in [6, 6.07) is 0.407. The fourth-order valence-corrected chi connectivity index (χ4v) is 4.07. The molecule has 2 nitrogen and oxygen atoms in total. The van der Waals surface area contributed by atoms with Crippen LogP contribution in [-0.4, -0.2) is 17.2 Å². The summed E-state index contributed by atoms with van der Waals surface area (Å²) < 4.78 is 6.20. The Bertz CT molecular complexity index is 272. The van der Waals surface area contributed by atoms with Gasteiger partial charge in [-0.25, -0.2) is 0 Å². The summed E-state index contributed by atoms with van der Waals surface area (Å²) in [7, 11) is 0. The van der Waals surface area contributed by atoms with E-state index in [2.05, 4.69) is 34.6 Å². The molecule has 0 aromatic carbocycles. The first-order valence-corrected chi connectivity index (χ1v) is 6.69. The molecule has 0 aromatic heterocycles. The van der Waals surface area contributed by atoms with Crippen LogP contribution in [0.1, 0.15) is 53.9 Å². The minimum atomic E-state index is 0.0203. The van der Waals surface area contributed by atoms with Gasteiger partial charge in [0.05, 0.1) is 11.2 Å². The van der Waals surface area contributed by atoms with Crippen molar-refractivity contribution in [2.24, 2.45) is 23.5 Å². The van der Waals surface area contributed by atoms with Gasteiger partial charge in [-0.15, -0.1) is 0 Å². The van der Waals surface area contributed by atoms with E-state index >= 15 is 0 Å². The summed E-state index contributed by atoms with van der Waals surface area (Å²) in [6.45, 7) is 11.3. The molecule has 1 aliphatic heterocycles. The standard InChI is InChI=1S/C14H27NO/c1-9-10(6-7-12(9)15)11-8-13(2,3)16-14(11,4)5/h9-12H,6-8,15H2,1-5H3. The van der Waals surface area contributed by atoms with Gasteiger partial charge in [-0.1, -0.05) is 6.92 Å². The van der Waals surface area contributed by atoms with Gasteiger partial charge in [-0.3, -0.25) is 0 Å². The van der Waals surface area contributed by atoms with Crippen molar-refractivity contribution < 1.29 is 4.74 Å². The smallest absolute Gasteiger partial charge is 0.0665 e. The fourth-order valence-electron chi connectivity index (χ4n) is 4.07. The lowest BCUT2D eigenvalue weighted by molar-refractivity contribution is -0.0815. The van der Waals surface area contributed by atoms with E-state index < -0.39 is 0 Å². The molecular weight excluding hydrogens is 198 g/mol. The van der Waals surface area contributed by atoms with Crippen molar-refractivity contribution in [3.8, 4) is 0 Å². The Labute approximate surface area is 99.9 Å². The molecule has 4 atom stereocenters. The second-order valence-corrected chi connectivity index (χ2v) is 7.04. The first-order valence-electron chi connectivity index (χ1n) is 6.69. The maximum atomic E-state index is 6.20. The zero-order valence-corrected chi connectivity index (χ0v) is 11.4. The highest BCUT2D eigenvalue weighted by atomic mass is 16.5. The van der Waals surface area contributed by atoms with E-state index in [1.54, 1.807) is 0 Å². The first kappa shape index (κ1) is 12.4. The van der Waals surface area contributed by atoms with E-state index in [0.717, 1.165) is 5.92 Å². The lowest BCUT2D eigenvalue weighted by Crippen LogP contribution is -2.36. The highest BCUT2D eigenvalue weighted by molar-refractivity contribution is 5.01. The van der Waals surface area contributed by atoms with Gasteiger partial charge in [-0.05, 0) is 64.7 Å². The average Bonchev–Trinajstić information content (AvgIpc) is 2.52. The van der Waals surface area contributed by atoms with Gasteiger partial charge in [0.25, 0.3) is 0 Å². The number of nitrogens with two attached hydrogens (primary N) is 1. The van der Waals surface area contributed by atoms with E-state index in [1.807, 2.05) is 0 Å². The molecule has 2 aliphatic rings. The number of rotatable bonds is 1. The number of hydrogen-bond acceptors (Lipinski definition) is 2. The van der Waals surface area contributed by atoms with Gasteiger partial charge < -0.3 is 10.5 Å². The Morgan fingerprint density at radius 1 is 1.12 bits per heavy atom. The molecule has 1 saturated carbocycles. The second kappa shape index (κ2) is 3.71. The summed E-state index contributed by atoms with van der Waals surface area (Å²) in [5.74, 6) is 2.08. The van der Waals surface area contributed by atoms with Crippen molar-refractivity contribution >= 4 is 0 Å². The Morgan fingerprint density at radius 2 is 1.75 bits per heavy atom. The molecule has 0 spiro atoms. The lowest BCUT2D eigenvalue weighted by Gasteiger charge is -2.33. The van der Waals surface area contributed by atoms with Crippen LogP contribution in [0.2, 0.25) is 0 Å². The minimum Gasteiger partial charge on any atom is -0.369 e. The van der Waals surface area contributed by atoms with Crippen LogP contribution in [0, 0.1) is 17.8 Å². The second-order valence-electron chi connectivity index (χ2n) is 7.04. The zero-order chi connectivity index (χ0) is 12.1. The molecule has 2 heteroatoms. The van der Waals surface area contributed by atoms with E-state index in [4.69, 9.17) is 10.5 Å². The van der Waals surface area contributed by atoms with Gasteiger partial charge >= 0.3 is 0 Å². The first-order chi connectivity index (χ1) is 7.23. The van der Waals surface area contributed by atoms with Gasteiger partial charge in [0, 0.05) is 6.04 Å². The van der Waals surface area contributed by atoms with E-state index in [-0.39, 0.29) is 11.2 Å². The number of hydrogen-bond donors (Lipinski definition) is 1. The summed E-state index contributed by atoms with van der Waals surface area (Å²) in [5, 5.41) is 0. The van der Waals surface area contributed by atoms with Crippen molar-refractivity contribution in [3.63, 3.8) is 0 Å². The van der Waals surface area contributed by atoms with Crippen LogP contribution in [-0.2, 0) is 4.74 Å². The third-order valence-corrected chi connectivity index (χ3v) is 4.84. The topological polar surface area (TPSA) is 35.2 Å². The van der Waals surface area contributed by atoms with Crippen molar-refractivity contribution in [1.29, 1.82) is 0 Å². The molecule has 2 N–H and O–H groups in total. The predicted octanol–water partition coefficient (Wildman–Crippen LogP) is 2.95. The summed E-state index contributed by atoms with van der Waals surface area (Å²) in [4.78, 5) is 0. The Hall–Kier alpha value is -0.0800. The Morgan fingerprint density at radius 3 is 2.12 bits per heavy atom. The lowest BCUT2D eigenvalue weighted by atomic mass is 9.73. The monoisotopic (exact) mass is 225 g/mol. The van der Waals surface area contributed by atoms with Crippen LogP contribution in [0.4, 0.5) is 0 Å². The quantitative estimate of drug-likeness (QED) is 0.744.